The normalized spacial score (nSPS) is 19.3. The lowest BCUT2D eigenvalue weighted by Gasteiger charge is -2.26. The second-order valence-electron chi connectivity index (χ2n) is 8.68. The Bertz CT molecular complexity index is 1480. The third-order valence-corrected chi connectivity index (χ3v) is 10.4. The Morgan fingerprint density at radius 2 is 1.09 bits per heavy atom. The summed E-state index contributed by atoms with van der Waals surface area (Å²) >= 11 is 0. The van der Waals surface area contributed by atoms with Crippen molar-refractivity contribution in [3.05, 3.63) is 46.8 Å². The Morgan fingerprint density at radius 3 is 1.64 bits per heavy atom. The van der Waals surface area contributed by atoms with Crippen molar-refractivity contribution >= 4 is 41.8 Å². The maximum Gasteiger partial charge on any atom is 0.344 e. The highest BCUT2D eigenvalue weighted by Gasteiger charge is 2.28. The highest BCUT2D eigenvalue weighted by Crippen LogP contribution is 2.30. The summed E-state index contributed by atoms with van der Waals surface area (Å²) in [7, 11) is -7.37. The molecule has 0 N–H and O–H groups in total. The SMILES string of the molecule is O=c1oc2cc(S(=O)(=O)N3CCCCC3)ccc2c2ccc(S(=O)(=O)N3CCCCC3)cc12. The van der Waals surface area contributed by atoms with Gasteiger partial charge in [-0.05, 0) is 49.9 Å². The predicted molar refractivity (Wildman–Crippen MR) is 125 cm³/mol. The van der Waals surface area contributed by atoms with Gasteiger partial charge in [0.15, 0.2) is 0 Å². The van der Waals surface area contributed by atoms with E-state index in [0.717, 1.165) is 38.5 Å². The second kappa shape index (κ2) is 8.50. The molecule has 176 valence electrons. The van der Waals surface area contributed by atoms with Gasteiger partial charge >= 0.3 is 5.63 Å². The lowest BCUT2D eigenvalue weighted by atomic mass is 10.1. The van der Waals surface area contributed by atoms with Crippen LogP contribution in [0.4, 0.5) is 0 Å². The fourth-order valence-electron chi connectivity index (χ4n) is 4.72. The summed E-state index contributed by atoms with van der Waals surface area (Å²) in [5.74, 6) is 0. The van der Waals surface area contributed by atoms with E-state index in [1.165, 1.54) is 32.9 Å². The van der Waals surface area contributed by atoms with Crippen molar-refractivity contribution in [2.45, 2.75) is 48.3 Å². The van der Waals surface area contributed by atoms with Gasteiger partial charge in [-0.1, -0.05) is 18.9 Å². The molecule has 10 heteroatoms. The van der Waals surface area contributed by atoms with Gasteiger partial charge in [-0.2, -0.15) is 8.61 Å². The molecule has 2 aliphatic heterocycles. The van der Waals surface area contributed by atoms with Crippen LogP contribution in [0.25, 0.3) is 21.7 Å². The van der Waals surface area contributed by atoms with E-state index in [0.29, 0.717) is 37.0 Å². The third kappa shape index (κ3) is 3.99. The molecule has 8 nitrogen and oxygen atoms in total. The standard InChI is InChI=1S/C23H26N2O6S2/c26-23-21-15-17(32(27,28)24-11-3-1-4-12-24)7-9-19(21)20-10-8-18(16-22(20)31-23)33(29,30)25-13-5-2-6-14-25/h7-10,15-16H,1-6,11-14H2. The molecule has 0 amide bonds. The van der Waals surface area contributed by atoms with Gasteiger partial charge in [-0.3, -0.25) is 0 Å². The molecule has 0 radical (unpaired) electrons. The molecule has 2 fully saturated rings. The van der Waals surface area contributed by atoms with E-state index in [2.05, 4.69) is 0 Å². The lowest BCUT2D eigenvalue weighted by molar-refractivity contribution is 0.346. The van der Waals surface area contributed by atoms with Crippen molar-refractivity contribution in [1.29, 1.82) is 0 Å². The van der Waals surface area contributed by atoms with Gasteiger partial charge in [0.05, 0.1) is 15.2 Å². The van der Waals surface area contributed by atoms with Crippen LogP contribution < -0.4 is 5.63 Å². The number of hydrogen-bond acceptors (Lipinski definition) is 6. The zero-order chi connectivity index (χ0) is 23.2. The second-order valence-corrected chi connectivity index (χ2v) is 12.6. The number of sulfonamides is 2. The summed E-state index contributed by atoms with van der Waals surface area (Å²) in [5.41, 5.74) is -0.530. The molecule has 0 aliphatic carbocycles. The number of hydrogen-bond donors (Lipinski definition) is 0. The maximum absolute atomic E-state index is 13.0. The smallest absolute Gasteiger partial charge is 0.344 e. The molecule has 0 unspecified atom stereocenters. The number of fused-ring (bicyclic) bond motifs is 3. The van der Waals surface area contributed by atoms with Crippen LogP contribution in [0.2, 0.25) is 0 Å². The Balaban J connectivity index is 1.58. The van der Waals surface area contributed by atoms with Crippen LogP contribution in [0, 0.1) is 0 Å². The largest absolute Gasteiger partial charge is 0.422 e. The minimum atomic E-state index is -3.69. The van der Waals surface area contributed by atoms with Gasteiger partial charge in [0.2, 0.25) is 20.0 Å². The first-order chi connectivity index (χ1) is 15.8. The molecule has 2 aromatic carbocycles. The first-order valence-corrected chi connectivity index (χ1v) is 14.2. The molecule has 2 aliphatic rings. The average molecular weight is 491 g/mol. The van der Waals surface area contributed by atoms with Gasteiger partial charge in [-0.15, -0.1) is 0 Å². The number of rotatable bonds is 4. The minimum absolute atomic E-state index is 0.0628. The van der Waals surface area contributed by atoms with Crippen LogP contribution in [-0.4, -0.2) is 51.6 Å². The fraction of sp³-hybridized carbons (Fsp3) is 0.435. The number of piperidine rings is 2. The van der Waals surface area contributed by atoms with Crippen molar-refractivity contribution in [3.63, 3.8) is 0 Å². The summed E-state index contributed by atoms with van der Waals surface area (Å²) in [6, 6.07) is 9.00. The topological polar surface area (TPSA) is 105 Å². The molecular weight excluding hydrogens is 464 g/mol. The van der Waals surface area contributed by atoms with Crippen LogP contribution in [0.3, 0.4) is 0 Å². The molecule has 0 bridgehead atoms. The van der Waals surface area contributed by atoms with Crippen molar-refractivity contribution in [2.75, 3.05) is 26.2 Å². The van der Waals surface area contributed by atoms with E-state index in [1.54, 1.807) is 12.1 Å². The minimum Gasteiger partial charge on any atom is -0.422 e. The molecular formula is C23H26N2O6S2. The van der Waals surface area contributed by atoms with Crippen LogP contribution >= 0.6 is 0 Å². The van der Waals surface area contributed by atoms with Crippen molar-refractivity contribution in [3.8, 4) is 0 Å². The molecule has 0 atom stereocenters. The Kier molecular flexibility index (Phi) is 5.80. The van der Waals surface area contributed by atoms with Crippen molar-refractivity contribution in [1.82, 2.24) is 8.61 Å². The van der Waals surface area contributed by atoms with E-state index in [9.17, 15) is 21.6 Å². The molecule has 0 saturated carbocycles. The first kappa shape index (κ1) is 22.5. The van der Waals surface area contributed by atoms with E-state index >= 15 is 0 Å². The Hall–Kier alpha value is -2.27. The van der Waals surface area contributed by atoms with Gasteiger partial charge in [0.25, 0.3) is 0 Å². The zero-order valence-electron chi connectivity index (χ0n) is 18.2. The number of benzene rings is 2. The summed E-state index contributed by atoms with van der Waals surface area (Å²) in [6.07, 6.45) is 5.32. The molecule has 2 saturated heterocycles. The molecule has 3 aromatic rings. The van der Waals surface area contributed by atoms with Gasteiger partial charge < -0.3 is 4.42 Å². The third-order valence-electron chi connectivity index (χ3n) is 6.56. The van der Waals surface area contributed by atoms with Crippen molar-refractivity contribution < 1.29 is 21.3 Å². The quantitative estimate of drug-likeness (QED) is 0.411. The fourth-order valence-corrected chi connectivity index (χ4v) is 7.80. The molecule has 0 spiro atoms. The van der Waals surface area contributed by atoms with Crippen LogP contribution in [0.5, 0.6) is 0 Å². The summed E-state index contributed by atoms with van der Waals surface area (Å²) < 4.78 is 60.5. The summed E-state index contributed by atoms with van der Waals surface area (Å²) in [6.45, 7) is 1.91. The highest BCUT2D eigenvalue weighted by atomic mass is 32.2. The first-order valence-electron chi connectivity index (χ1n) is 11.3. The molecule has 33 heavy (non-hydrogen) atoms. The van der Waals surface area contributed by atoms with E-state index in [-0.39, 0.29) is 20.8 Å². The van der Waals surface area contributed by atoms with Crippen LogP contribution in [-0.2, 0) is 20.0 Å². The van der Waals surface area contributed by atoms with Crippen molar-refractivity contribution in [2.24, 2.45) is 0 Å². The maximum atomic E-state index is 13.0. The van der Waals surface area contributed by atoms with E-state index in [1.807, 2.05) is 0 Å². The lowest BCUT2D eigenvalue weighted by Crippen LogP contribution is -2.35. The summed E-state index contributed by atoms with van der Waals surface area (Å²) in [5, 5.41) is 1.25. The van der Waals surface area contributed by atoms with Crippen LogP contribution in [0.15, 0.2) is 55.4 Å². The highest BCUT2D eigenvalue weighted by molar-refractivity contribution is 7.89. The average Bonchev–Trinajstić information content (AvgIpc) is 2.84. The van der Waals surface area contributed by atoms with Gasteiger partial charge in [0.1, 0.15) is 5.58 Å². The molecule has 3 heterocycles. The monoisotopic (exact) mass is 490 g/mol. The predicted octanol–water partition coefficient (Wildman–Crippen LogP) is 3.30. The number of nitrogens with zero attached hydrogens (tertiary/aromatic N) is 2. The van der Waals surface area contributed by atoms with E-state index in [4.69, 9.17) is 4.42 Å². The van der Waals surface area contributed by atoms with Gasteiger partial charge in [-0.25, -0.2) is 21.6 Å². The van der Waals surface area contributed by atoms with Gasteiger partial charge in [0, 0.05) is 43.0 Å². The zero-order valence-corrected chi connectivity index (χ0v) is 19.8. The Labute approximate surface area is 192 Å². The van der Waals surface area contributed by atoms with E-state index < -0.39 is 25.7 Å². The molecule has 5 rings (SSSR count). The summed E-state index contributed by atoms with van der Waals surface area (Å²) in [4.78, 5) is 12.9. The van der Waals surface area contributed by atoms with Crippen LogP contribution in [0.1, 0.15) is 38.5 Å². The molecule has 1 aromatic heterocycles. The Morgan fingerprint density at radius 1 is 0.606 bits per heavy atom.